The van der Waals surface area contributed by atoms with Crippen molar-refractivity contribution in [2.45, 2.75) is 30.5 Å². The molecule has 5 atom stereocenters. The van der Waals surface area contributed by atoms with Crippen molar-refractivity contribution in [3.8, 4) is 0 Å². The van der Waals surface area contributed by atoms with Gasteiger partial charge < -0.3 is 4.57 Å². The van der Waals surface area contributed by atoms with Crippen molar-refractivity contribution in [1.29, 1.82) is 0 Å². The molecule has 0 radical (unpaired) electrons. The Kier molecular flexibility index (Phi) is 5.19. The lowest BCUT2D eigenvalue weighted by atomic mass is 9.67. The number of ketones is 1. The van der Waals surface area contributed by atoms with Gasteiger partial charge in [0.2, 0.25) is 0 Å². The average molecular weight is 504 g/mol. The minimum absolute atomic E-state index is 0.0112. The molecule has 37 heavy (non-hydrogen) atoms. The second-order valence-corrected chi connectivity index (χ2v) is 13.8. The third kappa shape index (κ3) is 2.99. The summed E-state index contributed by atoms with van der Waals surface area (Å²) < 4.78 is 18.7. The van der Waals surface area contributed by atoms with E-state index >= 15 is 4.57 Å². The zero-order chi connectivity index (χ0) is 25.2. The van der Waals surface area contributed by atoms with Crippen LogP contribution in [0.1, 0.15) is 42.0 Å². The van der Waals surface area contributed by atoms with Gasteiger partial charge in [-0.25, -0.2) is 4.67 Å². The zero-order valence-electron chi connectivity index (χ0n) is 21.0. The highest BCUT2D eigenvalue weighted by atomic mass is 31.2. The van der Waals surface area contributed by atoms with E-state index in [1.807, 2.05) is 24.3 Å². The molecule has 0 N–H and O–H groups in total. The Balaban J connectivity index is 1.62. The number of carbonyl (C=O) groups is 1. The molecule has 3 nitrogen and oxygen atoms in total. The van der Waals surface area contributed by atoms with Gasteiger partial charge in [0.05, 0.1) is 5.16 Å². The average Bonchev–Trinajstić information content (AvgIpc) is 3.46. The first kappa shape index (κ1) is 22.9. The normalized spacial score (nSPS) is 30.9. The predicted octanol–water partition coefficient (Wildman–Crippen LogP) is 7.34. The third-order valence-corrected chi connectivity index (χ3v) is 13.3. The fourth-order valence-electron chi connectivity index (χ4n) is 7.77. The summed E-state index contributed by atoms with van der Waals surface area (Å²) in [6.07, 6.45) is 6.37. The summed E-state index contributed by atoms with van der Waals surface area (Å²) in [5.74, 6) is 0.285. The van der Waals surface area contributed by atoms with Gasteiger partial charge in [0.1, 0.15) is 5.78 Å². The Morgan fingerprint density at radius 2 is 1.59 bits per heavy atom. The Morgan fingerprint density at radius 1 is 0.865 bits per heavy atom. The van der Waals surface area contributed by atoms with Crippen LogP contribution in [-0.4, -0.2) is 17.5 Å². The van der Waals surface area contributed by atoms with Crippen LogP contribution in [0.4, 0.5) is 0 Å². The van der Waals surface area contributed by atoms with E-state index in [9.17, 15) is 4.79 Å². The highest BCUT2D eigenvalue weighted by Gasteiger charge is 2.70. The largest absolute Gasteiger partial charge is 0.300 e. The Hall–Kier alpha value is -3.26. The molecular weight excluding hydrogens is 473 g/mol. The lowest BCUT2D eigenvalue weighted by Gasteiger charge is -2.47. The summed E-state index contributed by atoms with van der Waals surface area (Å²) in [4.78, 5) is 12.9. The van der Waals surface area contributed by atoms with Crippen molar-refractivity contribution >= 4 is 35.2 Å². The molecule has 1 saturated heterocycles. The molecule has 0 aromatic heterocycles. The number of Topliss-reactive ketones (excluding diaryl/α,β-unsaturated/α-hetero) is 1. The van der Waals surface area contributed by atoms with Crippen LogP contribution < -0.4 is 5.30 Å². The van der Waals surface area contributed by atoms with E-state index in [0.717, 1.165) is 33.6 Å². The van der Waals surface area contributed by atoms with Gasteiger partial charge >= 0.3 is 0 Å². The quantitative estimate of drug-likeness (QED) is 0.275. The molecule has 7 rings (SSSR count). The van der Waals surface area contributed by atoms with Gasteiger partial charge in [-0.1, -0.05) is 103 Å². The number of nitrogens with zero attached hydrogens (tertiary/aromatic N) is 1. The second-order valence-electron chi connectivity index (χ2n) is 10.8. The molecule has 4 aromatic rings. The summed E-state index contributed by atoms with van der Waals surface area (Å²) in [5, 5.41) is 2.37. The molecule has 1 aliphatic heterocycles. The summed E-state index contributed by atoms with van der Waals surface area (Å²) in [6, 6.07) is 33.5. The number of carbonyl (C=O) groups excluding carboxylic acids is 1. The Labute approximate surface area is 218 Å². The second kappa shape index (κ2) is 8.38. The molecule has 1 unspecified atom stereocenters. The van der Waals surface area contributed by atoms with Crippen molar-refractivity contribution in [1.82, 2.24) is 4.67 Å². The van der Waals surface area contributed by atoms with Crippen molar-refractivity contribution in [2.75, 3.05) is 7.05 Å². The maximum Gasteiger partial charge on any atom is 0.190 e. The highest BCUT2D eigenvalue weighted by molar-refractivity contribution is 7.71. The van der Waals surface area contributed by atoms with Gasteiger partial charge in [-0.05, 0) is 52.9 Å². The number of hydrogen-bond acceptors (Lipinski definition) is 2. The van der Waals surface area contributed by atoms with E-state index in [4.69, 9.17) is 0 Å². The molecule has 0 amide bonds. The summed E-state index contributed by atoms with van der Waals surface area (Å²) >= 11 is 0. The smallest absolute Gasteiger partial charge is 0.190 e. The minimum atomic E-state index is -3.32. The molecule has 0 spiro atoms. The first-order valence-corrected chi connectivity index (χ1v) is 14.9. The van der Waals surface area contributed by atoms with Gasteiger partial charge in [0.25, 0.3) is 0 Å². The maximum atomic E-state index is 16.5. The molecule has 184 valence electrons. The van der Waals surface area contributed by atoms with Crippen molar-refractivity contribution < 1.29 is 9.36 Å². The van der Waals surface area contributed by atoms with Crippen LogP contribution >= 0.6 is 7.29 Å². The van der Waals surface area contributed by atoms with Gasteiger partial charge in [0, 0.05) is 30.1 Å². The van der Waals surface area contributed by atoms with Crippen molar-refractivity contribution in [3.63, 3.8) is 0 Å². The monoisotopic (exact) mass is 503 g/mol. The number of hydrogen-bond donors (Lipinski definition) is 0. The van der Waals surface area contributed by atoms with Crippen LogP contribution in [0.15, 0.2) is 103 Å². The molecule has 4 aromatic carbocycles. The molecule has 3 aliphatic rings. The van der Waals surface area contributed by atoms with Crippen LogP contribution in [0.25, 0.3) is 16.8 Å². The van der Waals surface area contributed by atoms with E-state index < -0.39 is 12.4 Å². The fraction of sp³-hybridized carbons (Fsp3) is 0.242. The molecule has 0 bridgehead atoms. The van der Waals surface area contributed by atoms with Crippen LogP contribution in [0, 0.1) is 11.8 Å². The number of benzene rings is 4. The van der Waals surface area contributed by atoms with E-state index in [0.29, 0.717) is 18.6 Å². The highest BCUT2D eigenvalue weighted by Crippen LogP contribution is 2.81. The molecular formula is C33H30NO2P. The van der Waals surface area contributed by atoms with Gasteiger partial charge in [-0.15, -0.1) is 0 Å². The fourth-order valence-corrected chi connectivity index (χ4v) is 12.3. The Bertz CT molecular complexity index is 1600. The summed E-state index contributed by atoms with van der Waals surface area (Å²) in [7, 11) is -1.26. The first-order valence-electron chi connectivity index (χ1n) is 13.2. The van der Waals surface area contributed by atoms with Gasteiger partial charge in [0.15, 0.2) is 7.29 Å². The van der Waals surface area contributed by atoms with Crippen molar-refractivity contribution in [2.24, 2.45) is 11.8 Å². The lowest BCUT2D eigenvalue weighted by Crippen LogP contribution is -2.42. The van der Waals surface area contributed by atoms with Crippen LogP contribution in [0.3, 0.4) is 0 Å². The first-order chi connectivity index (χ1) is 18.1. The predicted molar refractivity (Wildman–Crippen MR) is 151 cm³/mol. The number of rotatable bonds is 3. The van der Waals surface area contributed by atoms with E-state index in [2.05, 4.69) is 96.7 Å². The zero-order valence-corrected chi connectivity index (χ0v) is 21.9. The van der Waals surface area contributed by atoms with Gasteiger partial charge in [-0.2, -0.15) is 0 Å². The van der Waals surface area contributed by atoms with E-state index in [1.54, 1.807) is 0 Å². The van der Waals surface area contributed by atoms with E-state index in [1.165, 1.54) is 5.56 Å². The lowest BCUT2D eigenvalue weighted by molar-refractivity contribution is -0.117. The van der Waals surface area contributed by atoms with Crippen LogP contribution in [0.2, 0.25) is 0 Å². The summed E-state index contributed by atoms with van der Waals surface area (Å²) in [6.45, 7) is 0. The van der Waals surface area contributed by atoms with E-state index in [-0.39, 0.29) is 17.9 Å². The SMILES string of the molecule is CN1[C@@H](c2ccccc2)[C@H]2C=Cc3ccccc3[C@@]2([C@@H]2CCC(=O)C2)P1(=O)c1cccc2ccccc12. The number of fused-ring (bicyclic) bond motifs is 4. The molecule has 2 aliphatic carbocycles. The van der Waals surface area contributed by atoms with Crippen LogP contribution in [-0.2, 0) is 14.5 Å². The van der Waals surface area contributed by atoms with Crippen LogP contribution in [0.5, 0.6) is 0 Å². The standard InChI is InChI=1S/C33H30NO2P/c1-34-32(25-12-3-2-4-13-25)30-21-18-24-11-6-8-16-29(24)33(30,26-19-20-27(35)22-26)37(34,36)31-17-9-14-23-10-5-7-15-28(23)31/h2-18,21,26,30,32H,19-20,22H2,1H3/t26-,30-,32+,33-,37?/m1/s1. The molecule has 1 saturated carbocycles. The molecule has 1 heterocycles. The summed E-state index contributed by atoms with van der Waals surface area (Å²) in [5.41, 5.74) is 3.44. The van der Waals surface area contributed by atoms with Crippen molar-refractivity contribution in [3.05, 3.63) is 120 Å². The minimum Gasteiger partial charge on any atom is -0.300 e. The Morgan fingerprint density at radius 3 is 2.41 bits per heavy atom. The topological polar surface area (TPSA) is 37.4 Å². The third-order valence-electron chi connectivity index (χ3n) is 9.17. The van der Waals surface area contributed by atoms with Gasteiger partial charge in [-0.3, -0.25) is 4.79 Å². The molecule has 2 fully saturated rings. The maximum absolute atomic E-state index is 16.5. The molecule has 4 heteroatoms.